The molecule has 0 saturated carbocycles. The van der Waals surface area contributed by atoms with E-state index < -0.39 is 5.54 Å². The molecule has 2 N–H and O–H groups in total. The van der Waals surface area contributed by atoms with Crippen LogP contribution >= 0.6 is 0 Å². The molecule has 0 aliphatic carbocycles. The van der Waals surface area contributed by atoms with Gasteiger partial charge in [-0.05, 0) is 6.92 Å². The highest BCUT2D eigenvalue weighted by Crippen LogP contribution is 2.20. The molecule has 6 nitrogen and oxygen atoms in total. The van der Waals surface area contributed by atoms with Crippen LogP contribution in [0.3, 0.4) is 0 Å². The van der Waals surface area contributed by atoms with Crippen molar-refractivity contribution in [2.75, 3.05) is 7.05 Å². The lowest BCUT2D eigenvalue weighted by Gasteiger charge is -2.19. The molecule has 0 radical (unpaired) electrons. The predicted octanol–water partition coefficient (Wildman–Crippen LogP) is -0.603. The van der Waals surface area contributed by atoms with Crippen LogP contribution in [-0.4, -0.2) is 28.9 Å². The Balaban J connectivity index is 2.40. The summed E-state index contributed by atoms with van der Waals surface area (Å²) in [4.78, 5) is 23.7. The molecule has 1 aliphatic heterocycles. The first-order valence-corrected chi connectivity index (χ1v) is 4.50. The number of guanidine groups is 1. The SMILES string of the molecule is CN=C1NC(=O)C(C)(c2cnccn2)N1. The Morgan fingerprint density at radius 2 is 2.27 bits per heavy atom. The van der Waals surface area contributed by atoms with Gasteiger partial charge in [0.25, 0.3) is 5.91 Å². The van der Waals surface area contributed by atoms with Crippen molar-refractivity contribution in [1.82, 2.24) is 20.6 Å². The molecule has 1 aromatic heterocycles. The summed E-state index contributed by atoms with van der Waals surface area (Å²) < 4.78 is 0. The van der Waals surface area contributed by atoms with Gasteiger partial charge in [-0.2, -0.15) is 0 Å². The van der Waals surface area contributed by atoms with Gasteiger partial charge in [-0.3, -0.25) is 25.1 Å². The molecule has 1 aromatic rings. The topological polar surface area (TPSA) is 79.3 Å². The largest absolute Gasteiger partial charge is 0.337 e. The maximum absolute atomic E-state index is 11.7. The quantitative estimate of drug-likeness (QED) is 0.641. The Labute approximate surface area is 86.8 Å². The van der Waals surface area contributed by atoms with E-state index in [1.807, 2.05) is 0 Å². The third kappa shape index (κ3) is 1.43. The number of nitrogens with zero attached hydrogens (tertiary/aromatic N) is 3. The molecule has 0 bridgehead atoms. The van der Waals surface area contributed by atoms with Crippen LogP contribution in [0.25, 0.3) is 0 Å². The molecule has 2 heterocycles. The van der Waals surface area contributed by atoms with Crippen molar-refractivity contribution in [1.29, 1.82) is 0 Å². The standard InChI is InChI=1S/C9H11N5O/c1-9(6-5-11-3-4-12-6)7(15)13-8(10-2)14-9/h3-5H,1-2H3,(H2,10,13,14,15). The molecular weight excluding hydrogens is 194 g/mol. The van der Waals surface area contributed by atoms with E-state index in [0.717, 1.165) is 0 Å². The maximum atomic E-state index is 11.7. The van der Waals surface area contributed by atoms with E-state index >= 15 is 0 Å². The minimum Gasteiger partial charge on any atom is -0.337 e. The average Bonchev–Trinajstić information content (AvgIpc) is 2.57. The molecule has 1 amide bonds. The average molecular weight is 205 g/mol. The molecule has 2 rings (SSSR count). The van der Waals surface area contributed by atoms with Gasteiger partial charge < -0.3 is 5.32 Å². The minimum absolute atomic E-state index is 0.177. The van der Waals surface area contributed by atoms with Crippen LogP contribution < -0.4 is 10.6 Å². The summed E-state index contributed by atoms with van der Waals surface area (Å²) in [7, 11) is 1.60. The van der Waals surface area contributed by atoms with Crippen molar-refractivity contribution in [3.05, 3.63) is 24.3 Å². The van der Waals surface area contributed by atoms with Gasteiger partial charge in [0.2, 0.25) is 0 Å². The van der Waals surface area contributed by atoms with Crippen molar-refractivity contribution >= 4 is 11.9 Å². The second-order valence-electron chi connectivity index (χ2n) is 3.37. The highest BCUT2D eigenvalue weighted by Gasteiger charge is 2.43. The first-order valence-electron chi connectivity index (χ1n) is 4.50. The summed E-state index contributed by atoms with van der Waals surface area (Å²) in [6.07, 6.45) is 4.68. The fraction of sp³-hybridized carbons (Fsp3) is 0.333. The Bertz CT molecular complexity index is 416. The monoisotopic (exact) mass is 205 g/mol. The van der Waals surface area contributed by atoms with Gasteiger partial charge in [-0.25, -0.2) is 0 Å². The van der Waals surface area contributed by atoms with Gasteiger partial charge in [-0.1, -0.05) is 0 Å². The zero-order valence-electron chi connectivity index (χ0n) is 8.48. The van der Waals surface area contributed by atoms with E-state index in [1.165, 1.54) is 0 Å². The minimum atomic E-state index is -0.886. The number of nitrogens with one attached hydrogen (secondary N) is 2. The van der Waals surface area contributed by atoms with Crippen LogP contribution in [0, 0.1) is 0 Å². The lowest BCUT2D eigenvalue weighted by molar-refractivity contribution is -0.123. The number of carbonyl (C=O) groups excluding carboxylic acids is 1. The number of hydrogen-bond donors (Lipinski definition) is 2. The summed E-state index contributed by atoms with van der Waals surface area (Å²) in [5.41, 5.74) is -0.315. The summed E-state index contributed by atoms with van der Waals surface area (Å²) in [5, 5.41) is 5.59. The van der Waals surface area contributed by atoms with Crippen molar-refractivity contribution in [3.63, 3.8) is 0 Å². The van der Waals surface area contributed by atoms with Crippen molar-refractivity contribution in [2.24, 2.45) is 4.99 Å². The highest BCUT2D eigenvalue weighted by molar-refractivity contribution is 6.08. The number of amides is 1. The van der Waals surface area contributed by atoms with Gasteiger partial charge in [0.15, 0.2) is 11.5 Å². The Hall–Kier alpha value is -1.98. The molecule has 1 aliphatic rings. The maximum Gasteiger partial charge on any atom is 0.258 e. The van der Waals surface area contributed by atoms with Crippen LogP contribution in [0.15, 0.2) is 23.6 Å². The zero-order chi connectivity index (χ0) is 10.9. The first kappa shape index (κ1) is 9.57. The van der Waals surface area contributed by atoms with E-state index in [4.69, 9.17) is 0 Å². The predicted molar refractivity (Wildman–Crippen MR) is 54.0 cm³/mol. The number of rotatable bonds is 1. The van der Waals surface area contributed by atoms with Crippen LogP contribution in [0.5, 0.6) is 0 Å². The van der Waals surface area contributed by atoms with E-state index in [1.54, 1.807) is 32.6 Å². The van der Waals surface area contributed by atoms with Crippen LogP contribution in [0.2, 0.25) is 0 Å². The number of aliphatic imine (C=N–C) groups is 1. The second kappa shape index (κ2) is 3.30. The molecule has 15 heavy (non-hydrogen) atoms. The summed E-state index contributed by atoms with van der Waals surface area (Å²) in [5.74, 6) is 0.275. The van der Waals surface area contributed by atoms with Crippen LogP contribution in [-0.2, 0) is 10.3 Å². The van der Waals surface area contributed by atoms with Gasteiger partial charge >= 0.3 is 0 Å². The van der Waals surface area contributed by atoms with E-state index in [-0.39, 0.29) is 5.91 Å². The van der Waals surface area contributed by atoms with Crippen LogP contribution in [0.4, 0.5) is 0 Å². The Morgan fingerprint density at radius 1 is 1.47 bits per heavy atom. The van der Waals surface area contributed by atoms with E-state index in [0.29, 0.717) is 11.7 Å². The molecule has 1 saturated heterocycles. The van der Waals surface area contributed by atoms with Gasteiger partial charge in [0.1, 0.15) is 0 Å². The molecule has 6 heteroatoms. The lowest BCUT2D eigenvalue weighted by Crippen LogP contribution is -2.41. The lowest BCUT2D eigenvalue weighted by atomic mass is 9.99. The smallest absolute Gasteiger partial charge is 0.258 e. The van der Waals surface area contributed by atoms with Crippen molar-refractivity contribution in [2.45, 2.75) is 12.5 Å². The van der Waals surface area contributed by atoms with Crippen molar-refractivity contribution < 1.29 is 4.79 Å². The first-order chi connectivity index (χ1) is 7.16. The molecule has 1 atom stereocenters. The van der Waals surface area contributed by atoms with Gasteiger partial charge in [0.05, 0.1) is 11.9 Å². The summed E-state index contributed by atoms with van der Waals surface area (Å²) >= 11 is 0. The third-order valence-corrected chi connectivity index (χ3v) is 2.35. The van der Waals surface area contributed by atoms with E-state index in [2.05, 4.69) is 25.6 Å². The van der Waals surface area contributed by atoms with Gasteiger partial charge in [-0.15, -0.1) is 0 Å². The molecule has 78 valence electrons. The fourth-order valence-corrected chi connectivity index (χ4v) is 1.41. The number of hydrogen-bond acceptors (Lipinski definition) is 4. The fourth-order valence-electron chi connectivity index (χ4n) is 1.41. The third-order valence-electron chi connectivity index (χ3n) is 2.35. The van der Waals surface area contributed by atoms with Crippen molar-refractivity contribution in [3.8, 4) is 0 Å². The number of carbonyl (C=O) groups is 1. The summed E-state index contributed by atoms with van der Waals surface area (Å²) in [6, 6.07) is 0. The Morgan fingerprint density at radius 3 is 2.80 bits per heavy atom. The normalized spacial score (nSPS) is 27.6. The Kier molecular flexibility index (Phi) is 2.11. The highest BCUT2D eigenvalue weighted by atomic mass is 16.2. The molecule has 0 spiro atoms. The van der Waals surface area contributed by atoms with Gasteiger partial charge in [0, 0.05) is 19.4 Å². The molecule has 0 aromatic carbocycles. The molecular formula is C9H11N5O. The van der Waals surface area contributed by atoms with E-state index in [9.17, 15) is 4.79 Å². The second-order valence-corrected chi connectivity index (χ2v) is 3.37. The zero-order valence-corrected chi connectivity index (χ0v) is 8.48. The molecule has 1 unspecified atom stereocenters. The summed E-state index contributed by atoms with van der Waals surface area (Å²) in [6.45, 7) is 1.74. The number of aromatic nitrogens is 2. The van der Waals surface area contributed by atoms with Crippen LogP contribution in [0.1, 0.15) is 12.6 Å². The molecule has 1 fully saturated rings.